The van der Waals surface area contributed by atoms with Gasteiger partial charge in [0.25, 0.3) is 0 Å². The quantitative estimate of drug-likeness (QED) is 0.816. The molecule has 2 heterocycles. The first-order valence-electron chi connectivity index (χ1n) is 3.46. The molecule has 0 fully saturated rings. The zero-order chi connectivity index (χ0) is 9.26. The Balaban J connectivity index is 2.46. The van der Waals surface area contributed by atoms with Gasteiger partial charge in [-0.3, -0.25) is 4.98 Å². The molecule has 0 amide bonds. The van der Waals surface area contributed by atoms with Gasteiger partial charge in [-0.05, 0) is 34.7 Å². The Kier molecular flexibility index (Phi) is 2.40. The van der Waals surface area contributed by atoms with Gasteiger partial charge in [0.1, 0.15) is 5.69 Å². The highest BCUT2D eigenvalue weighted by molar-refractivity contribution is 14.1. The van der Waals surface area contributed by atoms with Gasteiger partial charge in [-0.25, -0.2) is 0 Å². The van der Waals surface area contributed by atoms with E-state index < -0.39 is 0 Å². The van der Waals surface area contributed by atoms with E-state index in [-0.39, 0.29) is 0 Å². The highest BCUT2D eigenvalue weighted by atomic mass is 127. The molecule has 0 unspecified atom stereocenters. The third-order valence-electron chi connectivity index (χ3n) is 1.40. The third kappa shape index (κ3) is 1.94. The summed E-state index contributed by atoms with van der Waals surface area (Å²) >= 11 is 3.62. The van der Waals surface area contributed by atoms with Crippen LogP contribution in [0.25, 0.3) is 10.7 Å². The van der Waals surface area contributed by atoms with Crippen LogP contribution in [0.15, 0.2) is 18.3 Å². The van der Waals surface area contributed by atoms with Crippen LogP contribution >= 0.6 is 33.9 Å². The maximum atomic E-state index is 5.62. The van der Waals surface area contributed by atoms with Gasteiger partial charge in [0, 0.05) is 11.9 Å². The fourth-order valence-electron chi connectivity index (χ4n) is 0.873. The number of halogens is 1. The molecule has 0 aliphatic heterocycles. The number of nitrogens with two attached hydrogens (primary N) is 1. The summed E-state index contributed by atoms with van der Waals surface area (Å²) in [5.74, 6) is 0. The molecule has 13 heavy (non-hydrogen) atoms. The van der Waals surface area contributed by atoms with Crippen molar-refractivity contribution in [2.75, 3.05) is 5.73 Å². The van der Waals surface area contributed by atoms with Crippen molar-refractivity contribution in [1.82, 2.24) is 15.2 Å². The maximum Gasteiger partial charge on any atom is 0.178 e. The van der Waals surface area contributed by atoms with Crippen LogP contribution in [0.3, 0.4) is 0 Å². The Morgan fingerprint density at radius 3 is 2.85 bits per heavy atom. The van der Waals surface area contributed by atoms with E-state index in [9.17, 15) is 0 Å². The molecule has 2 aromatic rings. The molecule has 0 saturated heterocycles. The Morgan fingerprint density at radius 1 is 1.38 bits per heavy atom. The van der Waals surface area contributed by atoms with Crippen molar-refractivity contribution in [2.24, 2.45) is 0 Å². The van der Waals surface area contributed by atoms with Gasteiger partial charge >= 0.3 is 0 Å². The van der Waals surface area contributed by atoms with Crippen LogP contribution in [0.5, 0.6) is 0 Å². The van der Waals surface area contributed by atoms with E-state index in [0.29, 0.717) is 5.69 Å². The molecule has 66 valence electrons. The lowest BCUT2D eigenvalue weighted by Crippen LogP contribution is -1.87. The van der Waals surface area contributed by atoms with E-state index in [4.69, 9.17) is 5.73 Å². The predicted octanol–water partition coefficient (Wildman–Crippen LogP) is 1.79. The molecule has 0 aliphatic rings. The number of rotatable bonds is 1. The minimum absolute atomic E-state index is 0.690. The summed E-state index contributed by atoms with van der Waals surface area (Å²) in [5, 5.41) is 8.67. The number of nitrogens with zero attached hydrogens (tertiary/aromatic N) is 3. The molecular weight excluding hydrogens is 299 g/mol. The summed E-state index contributed by atoms with van der Waals surface area (Å²) in [6, 6.07) is 3.53. The SMILES string of the molecule is Nc1ccnc(-c2nnc(I)s2)c1. The standard InChI is InChI=1S/C7H5IN4S/c8-7-12-11-6(13-7)5-3-4(9)1-2-10-5/h1-3H,(H2,9,10). The number of hydrogen-bond donors (Lipinski definition) is 1. The molecule has 4 nitrogen and oxygen atoms in total. The van der Waals surface area contributed by atoms with Crippen molar-refractivity contribution in [3.8, 4) is 10.7 Å². The number of anilines is 1. The van der Waals surface area contributed by atoms with Crippen LogP contribution in [0.1, 0.15) is 0 Å². The predicted molar refractivity (Wildman–Crippen MR) is 60.3 cm³/mol. The molecule has 0 saturated carbocycles. The van der Waals surface area contributed by atoms with Crippen molar-refractivity contribution >= 4 is 39.6 Å². The monoisotopic (exact) mass is 304 g/mol. The smallest absolute Gasteiger partial charge is 0.178 e. The molecule has 0 aliphatic carbocycles. The molecular formula is C7H5IN4S. The zero-order valence-electron chi connectivity index (χ0n) is 6.44. The number of nitrogen functional groups attached to an aromatic ring is 1. The van der Waals surface area contributed by atoms with Gasteiger partial charge in [-0.1, -0.05) is 11.3 Å². The fourth-order valence-corrected chi connectivity index (χ4v) is 2.15. The Bertz CT molecular complexity index is 428. The number of hydrogen-bond acceptors (Lipinski definition) is 5. The minimum Gasteiger partial charge on any atom is -0.399 e. The molecule has 0 bridgehead atoms. The normalized spacial score (nSPS) is 10.2. The van der Waals surface area contributed by atoms with Crippen molar-refractivity contribution in [3.63, 3.8) is 0 Å². The van der Waals surface area contributed by atoms with E-state index in [1.807, 2.05) is 0 Å². The average molecular weight is 304 g/mol. The summed E-state index contributed by atoms with van der Waals surface area (Å²) in [6.45, 7) is 0. The van der Waals surface area contributed by atoms with Crippen molar-refractivity contribution in [2.45, 2.75) is 0 Å². The second kappa shape index (κ2) is 3.54. The lowest BCUT2D eigenvalue weighted by Gasteiger charge is -1.94. The highest BCUT2D eigenvalue weighted by Crippen LogP contribution is 2.23. The van der Waals surface area contributed by atoms with E-state index in [2.05, 4.69) is 37.8 Å². The summed E-state index contributed by atoms with van der Waals surface area (Å²) in [5.41, 5.74) is 7.09. The number of pyridine rings is 1. The van der Waals surface area contributed by atoms with E-state index >= 15 is 0 Å². The van der Waals surface area contributed by atoms with E-state index in [1.165, 1.54) is 11.3 Å². The Hall–Kier alpha value is -0.760. The van der Waals surface area contributed by atoms with Gasteiger partial charge in [0.15, 0.2) is 8.02 Å². The molecule has 2 N–H and O–H groups in total. The molecule has 0 aromatic carbocycles. The fraction of sp³-hybridized carbons (Fsp3) is 0. The summed E-state index contributed by atoms with van der Waals surface area (Å²) in [4.78, 5) is 4.15. The van der Waals surface area contributed by atoms with Crippen molar-refractivity contribution in [1.29, 1.82) is 0 Å². The summed E-state index contributed by atoms with van der Waals surface area (Å²) in [6.07, 6.45) is 1.67. The first-order chi connectivity index (χ1) is 6.25. The second-order valence-electron chi connectivity index (χ2n) is 2.33. The molecule has 0 radical (unpaired) electrons. The Morgan fingerprint density at radius 2 is 2.23 bits per heavy atom. The second-order valence-corrected chi connectivity index (χ2v) is 5.07. The highest BCUT2D eigenvalue weighted by Gasteiger charge is 2.05. The Labute approximate surface area is 92.4 Å². The van der Waals surface area contributed by atoms with E-state index in [0.717, 1.165) is 13.7 Å². The van der Waals surface area contributed by atoms with Gasteiger partial charge in [0.05, 0.1) is 0 Å². The van der Waals surface area contributed by atoms with Gasteiger partial charge in [-0.2, -0.15) is 0 Å². The van der Waals surface area contributed by atoms with Crippen LogP contribution in [0, 0.1) is 3.01 Å². The van der Waals surface area contributed by atoms with Crippen LogP contribution in [-0.4, -0.2) is 15.2 Å². The van der Waals surface area contributed by atoms with Crippen molar-refractivity contribution in [3.05, 3.63) is 21.3 Å². The van der Waals surface area contributed by atoms with Crippen LogP contribution in [-0.2, 0) is 0 Å². The topological polar surface area (TPSA) is 64.7 Å². The number of aromatic nitrogens is 3. The first kappa shape index (κ1) is 8.82. The first-order valence-corrected chi connectivity index (χ1v) is 5.36. The zero-order valence-corrected chi connectivity index (χ0v) is 9.41. The summed E-state index contributed by atoms with van der Waals surface area (Å²) in [7, 11) is 0. The largest absolute Gasteiger partial charge is 0.399 e. The molecule has 6 heteroatoms. The third-order valence-corrected chi connectivity index (χ3v) is 3.01. The van der Waals surface area contributed by atoms with Crippen LogP contribution in [0.2, 0.25) is 0 Å². The van der Waals surface area contributed by atoms with Crippen molar-refractivity contribution < 1.29 is 0 Å². The van der Waals surface area contributed by atoms with Crippen LogP contribution < -0.4 is 5.73 Å². The van der Waals surface area contributed by atoms with Gasteiger partial charge in [-0.15, -0.1) is 10.2 Å². The molecule has 0 atom stereocenters. The molecule has 2 aromatic heterocycles. The van der Waals surface area contributed by atoms with E-state index in [1.54, 1.807) is 18.3 Å². The average Bonchev–Trinajstić information content (AvgIpc) is 2.52. The lowest BCUT2D eigenvalue weighted by molar-refractivity contribution is 1.07. The maximum absolute atomic E-state index is 5.62. The molecule has 2 rings (SSSR count). The van der Waals surface area contributed by atoms with Gasteiger partial charge < -0.3 is 5.73 Å². The molecule has 0 spiro atoms. The van der Waals surface area contributed by atoms with Gasteiger partial charge in [0.2, 0.25) is 0 Å². The summed E-state index contributed by atoms with van der Waals surface area (Å²) < 4.78 is 0.900. The minimum atomic E-state index is 0.690. The van der Waals surface area contributed by atoms with Crippen LogP contribution in [0.4, 0.5) is 5.69 Å². The lowest BCUT2D eigenvalue weighted by atomic mass is 10.3.